The number of ether oxygens (including phenoxy) is 2. The quantitative estimate of drug-likeness (QED) is 0.869. The highest BCUT2D eigenvalue weighted by atomic mass is 16.5. The number of nitrogens with one attached hydrogen (secondary N) is 1. The summed E-state index contributed by atoms with van der Waals surface area (Å²) in [5.41, 5.74) is -0.130. The van der Waals surface area contributed by atoms with Crippen molar-refractivity contribution in [2.75, 3.05) is 7.11 Å². The fraction of sp³-hybridized carbons (Fsp3) is 0.611. The van der Waals surface area contributed by atoms with E-state index >= 15 is 0 Å². The minimum Gasteiger partial charge on any atom is -0.497 e. The summed E-state index contributed by atoms with van der Waals surface area (Å²) >= 11 is 0. The van der Waals surface area contributed by atoms with Gasteiger partial charge in [0.05, 0.1) is 7.11 Å². The van der Waals surface area contributed by atoms with Gasteiger partial charge < -0.3 is 14.8 Å². The van der Waals surface area contributed by atoms with Crippen molar-refractivity contribution in [3.8, 4) is 11.5 Å². The predicted molar refractivity (Wildman–Crippen MR) is 89.4 cm³/mol. The van der Waals surface area contributed by atoms with Gasteiger partial charge in [0, 0.05) is 11.6 Å². The van der Waals surface area contributed by atoms with Gasteiger partial charge in [0.15, 0.2) is 6.10 Å². The van der Waals surface area contributed by atoms with E-state index in [1.165, 1.54) is 0 Å². The maximum atomic E-state index is 12.3. The molecule has 0 heterocycles. The van der Waals surface area contributed by atoms with Crippen molar-refractivity contribution < 1.29 is 14.3 Å². The Morgan fingerprint density at radius 1 is 1.18 bits per heavy atom. The van der Waals surface area contributed by atoms with Crippen LogP contribution in [0.15, 0.2) is 24.3 Å². The van der Waals surface area contributed by atoms with Crippen LogP contribution in [-0.4, -0.2) is 24.7 Å². The molecular formula is C18H29NO3. The van der Waals surface area contributed by atoms with Crippen LogP contribution in [0.1, 0.15) is 48.0 Å². The van der Waals surface area contributed by atoms with Crippen LogP contribution in [0.25, 0.3) is 0 Å². The van der Waals surface area contributed by atoms with Crippen molar-refractivity contribution in [3.63, 3.8) is 0 Å². The number of carbonyl (C=O) groups is 1. The number of hydrogen-bond donors (Lipinski definition) is 1. The van der Waals surface area contributed by atoms with Crippen LogP contribution in [0, 0.1) is 5.41 Å². The number of hydrogen-bond acceptors (Lipinski definition) is 3. The van der Waals surface area contributed by atoms with Gasteiger partial charge in [0.2, 0.25) is 0 Å². The summed E-state index contributed by atoms with van der Waals surface area (Å²) < 4.78 is 10.9. The van der Waals surface area contributed by atoms with E-state index in [0.717, 1.165) is 6.42 Å². The Morgan fingerprint density at radius 3 is 2.32 bits per heavy atom. The third-order valence-electron chi connectivity index (χ3n) is 3.16. The average molecular weight is 307 g/mol. The molecule has 0 aliphatic carbocycles. The summed E-state index contributed by atoms with van der Waals surface area (Å²) in [5.74, 6) is 1.21. The Bertz CT molecular complexity index is 503. The van der Waals surface area contributed by atoms with Crippen molar-refractivity contribution in [1.29, 1.82) is 0 Å². The van der Waals surface area contributed by atoms with E-state index in [-0.39, 0.29) is 16.9 Å². The van der Waals surface area contributed by atoms with Crippen LogP contribution in [0.3, 0.4) is 0 Å². The molecule has 1 rings (SSSR count). The van der Waals surface area contributed by atoms with E-state index < -0.39 is 6.10 Å². The van der Waals surface area contributed by atoms with Gasteiger partial charge in [-0.05, 0) is 44.7 Å². The zero-order valence-corrected chi connectivity index (χ0v) is 14.8. The SMILES string of the molecule is COc1cccc(O[C@@H](C)C(=O)NC(C)(C)CC(C)(C)C)c1. The molecule has 1 aromatic rings. The molecule has 0 aliphatic rings. The molecule has 0 bridgehead atoms. The Labute approximate surface area is 134 Å². The van der Waals surface area contributed by atoms with E-state index in [0.29, 0.717) is 11.5 Å². The number of carbonyl (C=O) groups excluding carboxylic acids is 1. The Kier molecular flexibility index (Phi) is 5.86. The van der Waals surface area contributed by atoms with Gasteiger partial charge in [-0.3, -0.25) is 4.79 Å². The van der Waals surface area contributed by atoms with Gasteiger partial charge >= 0.3 is 0 Å². The van der Waals surface area contributed by atoms with Crippen LogP contribution in [0.4, 0.5) is 0 Å². The zero-order valence-electron chi connectivity index (χ0n) is 14.8. The molecule has 4 nitrogen and oxygen atoms in total. The number of amides is 1. The number of methoxy groups -OCH3 is 1. The van der Waals surface area contributed by atoms with Crippen molar-refractivity contribution in [1.82, 2.24) is 5.32 Å². The second-order valence-corrected chi connectivity index (χ2v) is 7.55. The first-order valence-corrected chi connectivity index (χ1v) is 7.65. The minimum atomic E-state index is -0.564. The summed E-state index contributed by atoms with van der Waals surface area (Å²) in [5, 5.41) is 3.07. The van der Waals surface area contributed by atoms with E-state index in [2.05, 4.69) is 26.1 Å². The lowest BCUT2D eigenvalue weighted by atomic mass is 9.81. The second-order valence-electron chi connectivity index (χ2n) is 7.55. The lowest BCUT2D eigenvalue weighted by Gasteiger charge is -2.34. The van der Waals surface area contributed by atoms with Crippen LogP contribution >= 0.6 is 0 Å². The first-order chi connectivity index (χ1) is 10.0. The van der Waals surface area contributed by atoms with Crippen LogP contribution in [-0.2, 0) is 4.79 Å². The fourth-order valence-electron chi connectivity index (χ4n) is 2.74. The molecule has 0 spiro atoms. The topological polar surface area (TPSA) is 47.6 Å². The molecule has 0 saturated heterocycles. The maximum Gasteiger partial charge on any atom is 0.261 e. The molecule has 0 aliphatic heterocycles. The van der Waals surface area contributed by atoms with E-state index in [4.69, 9.17) is 9.47 Å². The van der Waals surface area contributed by atoms with Gasteiger partial charge in [-0.2, -0.15) is 0 Å². The maximum absolute atomic E-state index is 12.3. The zero-order chi connectivity index (χ0) is 17.0. The van der Waals surface area contributed by atoms with Crippen molar-refractivity contribution in [2.45, 2.75) is 59.6 Å². The highest BCUT2D eigenvalue weighted by Crippen LogP contribution is 2.27. The lowest BCUT2D eigenvalue weighted by molar-refractivity contribution is -0.129. The van der Waals surface area contributed by atoms with Crippen molar-refractivity contribution >= 4 is 5.91 Å². The van der Waals surface area contributed by atoms with Crippen LogP contribution in [0.2, 0.25) is 0 Å². The molecule has 4 heteroatoms. The summed E-state index contributed by atoms with van der Waals surface area (Å²) in [6.07, 6.45) is 0.323. The smallest absolute Gasteiger partial charge is 0.261 e. The van der Waals surface area contributed by atoms with Gasteiger partial charge in [-0.25, -0.2) is 0 Å². The third kappa shape index (κ3) is 6.37. The first kappa shape index (κ1) is 18.3. The molecular weight excluding hydrogens is 278 g/mol. The molecule has 0 fully saturated rings. The fourth-order valence-corrected chi connectivity index (χ4v) is 2.74. The van der Waals surface area contributed by atoms with Gasteiger partial charge in [0.25, 0.3) is 5.91 Å². The minimum absolute atomic E-state index is 0.114. The van der Waals surface area contributed by atoms with Gasteiger partial charge in [-0.15, -0.1) is 0 Å². The van der Waals surface area contributed by atoms with Crippen LogP contribution in [0.5, 0.6) is 11.5 Å². The Morgan fingerprint density at radius 2 is 1.77 bits per heavy atom. The molecule has 0 aromatic heterocycles. The van der Waals surface area contributed by atoms with Crippen molar-refractivity contribution in [3.05, 3.63) is 24.3 Å². The molecule has 22 heavy (non-hydrogen) atoms. The normalized spacial score (nSPS) is 13.4. The summed E-state index contributed by atoms with van der Waals surface area (Å²) in [6.45, 7) is 12.3. The Balaban J connectivity index is 2.65. The molecule has 1 N–H and O–H groups in total. The molecule has 1 atom stereocenters. The van der Waals surface area contributed by atoms with E-state index in [1.54, 1.807) is 20.1 Å². The van der Waals surface area contributed by atoms with Gasteiger partial charge in [-0.1, -0.05) is 26.8 Å². The summed E-state index contributed by atoms with van der Waals surface area (Å²) in [6, 6.07) is 7.25. The van der Waals surface area contributed by atoms with Crippen molar-refractivity contribution in [2.24, 2.45) is 5.41 Å². The third-order valence-corrected chi connectivity index (χ3v) is 3.16. The van der Waals surface area contributed by atoms with E-state index in [1.807, 2.05) is 32.0 Å². The largest absolute Gasteiger partial charge is 0.497 e. The van der Waals surface area contributed by atoms with Crippen LogP contribution < -0.4 is 14.8 Å². The average Bonchev–Trinajstić information content (AvgIpc) is 2.35. The predicted octanol–water partition coefficient (Wildman–Crippen LogP) is 3.79. The highest BCUT2D eigenvalue weighted by Gasteiger charge is 2.29. The van der Waals surface area contributed by atoms with E-state index in [9.17, 15) is 4.79 Å². The molecule has 0 radical (unpaired) electrons. The number of benzene rings is 1. The molecule has 124 valence electrons. The monoisotopic (exact) mass is 307 g/mol. The Hall–Kier alpha value is -1.71. The summed E-state index contributed by atoms with van der Waals surface area (Å²) in [4.78, 5) is 12.3. The first-order valence-electron chi connectivity index (χ1n) is 7.65. The molecule has 0 unspecified atom stereocenters. The summed E-state index contributed by atoms with van der Waals surface area (Å²) in [7, 11) is 1.60. The second kappa shape index (κ2) is 7.03. The number of rotatable bonds is 6. The highest BCUT2D eigenvalue weighted by molar-refractivity contribution is 5.81. The molecule has 1 amide bonds. The standard InChI is InChI=1S/C18H29NO3/c1-13(22-15-10-8-9-14(11-15)21-7)16(20)19-18(5,6)12-17(2,3)4/h8-11,13H,12H2,1-7H3,(H,19,20)/t13-/m0/s1. The lowest BCUT2D eigenvalue weighted by Crippen LogP contribution is -2.50. The molecule has 1 aromatic carbocycles. The van der Waals surface area contributed by atoms with Gasteiger partial charge in [0.1, 0.15) is 11.5 Å². The molecule has 0 saturated carbocycles.